The minimum Gasteiger partial charge on any atom is -0.300 e. The number of fused-ring (bicyclic) bond motifs is 1. The van der Waals surface area contributed by atoms with Gasteiger partial charge in [-0.05, 0) is 35.4 Å². The molecule has 0 spiro atoms. The summed E-state index contributed by atoms with van der Waals surface area (Å²) in [4.78, 5) is 27.9. The van der Waals surface area contributed by atoms with Crippen LogP contribution in [0.2, 0.25) is 0 Å². The Hall–Kier alpha value is -3.45. The van der Waals surface area contributed by atoms with Gasteiger partial charge in [-0.3, -0.25) is 14.9 Å². The van der Waals surface area contributed by atoms with Gasteiger partial charge in [-0.15, -0.1) is 0 Å². The highest BCUT2D eigenvalue weighted by atomic mass is 32.2. The van der Waals surface area contributed by atoms with Crippen molar-refractivity contribution in [2.75, 3.05) is 0 Å². The van der Waals surface area contributed by atoms with Crippen LogP contribution in [0.5, 0.6) is 0 Å². The lowest BCUT2D eigenvalue weighted by atomic mass is 10.1. The molecule has 4 rings (SSSR count). The fourth-order valence-electron chi connectivity index (χ4n) is 2.81. The van der Waals surface area contributed by atoms with Gasteiger partial charge in [0, 0.05) is 11.5 Å². The molecule has 0 aliphatic carbocycles. The minimum atomic E-state index is -0.463. The Balaban J connectivity index is 1.68. The Bertz CT molecular complexity index is 1130. The van der Waals surface area contributed by atoms with Gasteiger partial charge in [-0.2, -0.15) is 0 Å². The van der Waals surface area contributed by atoms with Crippen molar-refractivity contribution in [1.29, 1.82) is 0 Å². The Morgan fingerprint density at radius 2 is 1.74 bits per heavy atom. The molecule has 7 heteroatoms. The molecule has 3 aromatic carbocycles. The molecule has 0 unspecified atom stereocenters. The van der Waals surface area contributed by atoms with Crippen LogP contribution in [-0.4, -0.2) is 16.0 Å². The van der Waals surface area contributed by atoms with E-state index in [1.807, 2.05) is 42.5 Å². The number of para-hydroxylation sites is 1. The number of carbonyl (C=O) groups is 1. The fraction of sp³-hybridized carbons (Fsp3) is 0. The van der Waals surface area contributed by atoms with E-state index in [1.165, 1.54) is 23.9 Å². The summed E-state index contributed by atoms with van der Waals surface area (Å²) in [6.07, 6.45) is 1.52. The van der Waals surface area contributed by atoms with Crippen molar-refractivity contribution in [2.45, 2.75) is 0 Å². The maximum absolute atomic E-state index is 12.3. The molecule has 3 aromatic rings. The van der Waals surface area contributed by atoms with Crippen molar-refractivity contribution >= 4 is 51.1 Å². The van der Waals surface area contributed by atoms with Crippen molar-refractivity contribution in [3.63, 3.8) is 0 Å². The third-order valence-corrected chi connectivity index (χ3v) is 4.97. The first-order valence-electron chi connectivity index (χ1n) is 8.12. The number of thioether (sulfide) groups is 1. The third kappa shape index (κ3) is 3.45. The number of amides is 1. The summed E-state index contributed by atoms with van der Waals surface area (Å²) < 4.78 is 0. The predicted octanol–water partition coefficient (Wildman–Crippen LogP) is 4.64. The van der Waals surface area contributed by atoms with E-state index in [-0.39, 0.29) is 11.6 Å². The van der Waals surface area contributed by atoms with Crippen molar-refractivity contribution in [1.82, 2.24) is 5.32 Å². The average Bonchev–Trinajstić information content (AvgIpc) is 3.01. The maximum Gasteiger partial charge on any atom is 0.276 e. The van der Waals surface area contributed by atoms with Crippen LogP contribution < -0.4 is 5.32 Å². The van der Waals surface area contributed by atoms with Crippen molar-refractivity contribution in [3.8, 4) is 0 Å². The number of nitrogens with zero attached hydrogens (tertiary/aromatic N) is 2. The smallest absolute Gasteiger partial charge is 0.276 e. The Labute approximate surface area is 158 Å². The maximum atomic E-state index is 12.3. The highest BCUT2D eigenvalue weighted by molar-refractivity contribution is 8.18. The highest BCUT2D eigenvalue weighted by Crippen LogP contribution is 2.32. The zero-order chi connectivity index (χ0) is 18.8. The first-order chi connectivity index (χ1) is 13.1. The molecule has 1 aliphatic rings. The molecule has 0 bridgehead atoms. The first-order valence-corrected chi connectivity index (χ1v) is 8.94. The monoisotopic (exact) mass is 375 g/mol. The molecular weight excluding hydrogens is 362 g/mol. The second-order valence-corrected chi connectivity index (χ2v) is 6.83. The molecule has 27 heavy (non-hydrogen) atoms. The van der Waals surface area contributed by atoms with E-state index in [2.05, 4.69) is 10.3 Å². The molecule has 1 amide bonds. The van der Waals surface area contributed by atoms with Crippen LogP contribution in [0, 0.1) is 10.1 Å². The molecule has 6 nitrogen and oxygen atoms in total. The summed E-state index contributed by atoms with van der Waals surface area (Å²) >= 11 is 1.17. The summed E-state index contributed by atoms with van der Waals surface area (Å²) in [5.74, 6) is -0.322. The van der Waals surface area contributed by atoms with Crippen LogP contribution in [-0.2, 0) is 4.79 Å². The molecule has 1 aliphatic heterocycles. The predicted molar refractivity (Wildman–Crippen MR) is 108 cm³/mol. The van der Waals surface area contributed by atoms with Gasteiger partial charge >= 0.3 is 0 Å². The largest absolute Gasteiger partial charge is 0.300 e. The van der Waals surface area contributed by atoms with Gasteiger partial charge in [0.15, 0.2) is 5.17 Å². The van der Waals surface area contributed by atoms with Crippen molar-refractivity contribution in [2.24, 2.45) is 4.99 Å². The van der Waals surface area contributed by atoms with Gasteiger partial charge < -0.3 is 5.32 Å². The quantitative estimate of drug-likeness (QED) is 0.411. The van der Waals surface area contributed by atoms with Gasteiger partial charge in [-0.25, -0.2) is 4.99 Å². The number of carbonyl (C=O) groups excluding carboxylic acids is 1. The van der Waals surface area contributed by atoms with Gasteiger partial charge in [0.25, 0.3) is 11.6 Å². The lowest BCUT2D eigenvalue weighted by molar-refractivity contribution is -0.385. The summed E-state index contributed by atoms with van der Waals surface area (Å²) in [6.45, 7) is 0. The minimum absolute atomic E-state index is 0.0437. The van der Waals surface area contributed by atoms with E-state index < -0.39 is 4.92 Å². The van der Waals surface area contributed by atoms with Crippen LogP contribution in [0.15, 0.2) is 76.6 Å². The highest BCUT2D eigenvalue weighted by Gasteiger charge is 2.25. The molecule has 1 heterocycles. The number of nitro benzene ring substituents is 1. The fourth-order valence-corrected chi connectivity index (χ4v) is 3.64. The number of hydrogen-bond donors (Lipinski definition) is 1. The Morgan fingerprint density at radius 1 is 1.00 bits per heavy atom. The molecule has 0 atom stereocenters. The molecule has 0 aromatic heterocycles. The molecular formula is C20H13N3O3S. The Morgan fingerprint density at radius 3 is 2.59 bits per heavy atom. The molecule has 132 valence electrons. The Kier molecular flexibility index (Phi) is 4.43. The number of nitrogens with one attached hydrogen (secondary N) is 1. The zero-order valence-corrected chi connectivity index (χ0v) is 14.8. The number of benzene rings is 3. The van der Waals surface area contributed by atoms with E-state index in [9.17, 15) is 14.9 Å². The third-order valence-electron chi connectivity index (χ3n) is 4.06. The normalized spacial score (nSPS) is 16.8. The second-order valence-electron chi connectivity index (χ2n) is 5.80. The molecule has 0 radical (unpaired) electrons. The van der Waals surface area contributed by atoms with Crippen molar-refractivity contribution in [3.05, 3.63) is 87.3 Å². The topological polar surface area (TPSA) is 84.6 Å². The van der Waals surface area contributed by atoms with E-state index in [0.717, 1.165) is 16.5 Å². The number of rotatable bonds is 3. The average molecular weight is 375 g/mol. The number of amidine groups is 1. The standard InChI is InChI=1S/C20H13N3O3S/c24-19-18(12-14-7-2-4-11-17(14)23(25)26)27-20(22-19)21-16-10-5-8-13-6-1-3-9-15(13)16/h1-12H,(H,21,22,24)/b18-12-. The molecule has 0 saturated carbocycles. The van der Waals surface area contributed by atoms with E-state index >= 15 is 0 Å². The van der Waals surface area contributed by atoms with Gasteiger partial charge in [0.05, 0.1) is 21.1 Å². The van der Waals surface area contributed by atoms with Crippen LogP contribution >= 0.6 is 11.8 Å². The lowest BCUT2D eigenvalue weighted by Crippen LogP contribution is -2.19. The number of hydrogen-bond acceptors (Lipinski definition) is 5. The van der Waals surface area contributed by atoms with Crippen LogP contribution in [0.4, 0.5) is 11.4 Å². The first kappa shape index (κ1) is 17.0. The van der Waals surface area contributed by atoms with Gasteiger partial charge in [0.1, 0.15) is 0 Å². The zero-order valence-electron chi connectivity index (χ0n) is 14.0. The molecule has 1 saturated heterocycles. The lowest BCUT2D eigenvalue weighted by Gasteiger charge is -2.02. The van der Waals surface area contributed by atoms with E-state index in [0.29, 0.717) is 15.6 Å². The van der Waals surface area contributed by atoms with Crippen LogP contribution in [0.25, 0.3) is 16.8 Å². The summed E-state index contributed by atoms with van der Waals surface area (Å²) in [5.41, 5.74) is 1.09. The summed E-state index contributed by atoms with van der Waals surface area (Å²) in [6, 6.07) is 20.0. The molecule has 1 N–H and O–H groups in total. The number of aliphatic imine (C=N–C) groups is 1. The van der Waals surface area contributed by atoms with Crippen LogP contribution in [0.1, 0.15) is 5.56 Å². The summed E-state index contributed by atoms with van der Waals surface area (Å²) in [7, 11) is 0. The van der Waals surface area contributed by atoms with E-state index in [4.69, 9.17) is 0 Å². The molecule has 1 fully saturated rings. The number of nitro groups is 1. The second kappa shape index (κ2) is 7.05. The van der Waals surface area contributed by atoms with Gasteiger partial charge in [0.2, 0.25) is 0 Å². The summed E-state index contributed by atoms with van der Waals surface area (Å²) in [5, 5.41) is 16.4. The van der Waals surface area contributed by atoms with Crippen LogP contribution in [0.3, 0.4) is 0 Å². The SMILES string of the molecule is O=C1NC(=Nc2cccc3ccccc23)S/C1=C\c1ccccc1[N+](=O)[O-]. The van der Waals surface area contributed by atoms with Crippen molar-refractivity contribution < 1.29 is 9.72 Å². The van der Waals surface area contributed by atoms with E-state index in [1.54, 1.807) is 18.2 Å². The van der Waals surface area contributed by atoms with Gasteiger partial charge in [-0.1, -0.05) is 48.5 Å².